The van der Waals surface area contributed by atoms with E-state index in [1.54, 1.807) is 0 Å². The van der Waals surface area contributed by atoms with Crippen molar-refractivity contribution in [1.29, 1.82) is 0 Å². The third-order valence-corrected chi connectivity index (χ3v) is 6.12. The van der Waals surface area contributed by atoms with E-state index in [9.17, 15) is 10.2 Å². The van der Waals surface area contributed by atoms with Crippen molar-refractivity contribution in [3.8, 4) is 0 Å². The van der Waals surface area contributed by atoms with Gasteiger partial charge in [0.05, 0.1) is 12.2 Å². The maximum absolute atomic E-state index is 10.5. The number of aryl methyl sites for hydroxylation is 1. The Hall–Kier alpha value is -1.46. The second-order valence-electron chi connectivity index (χ2n) is 8.86. The summed E-state index contributed by atoms with van der Waals surface area (Å²) in [7, 11) is 4.18. The summed E-state index contributed by atoms with van der Waals surface area (Å²) in [5.74, 6) is 1.10. The van der Waals surface area contributed by atoms with E-state index in [0.717, 1.165) is 38.0 Å². The Balaban J connectivity index is 1.50. The standard InChI is InChI=1S/C24H36N2O2/c1-17-5-4-6-18(11-17)13-21(27)7-8-22-23-14-19(12-20(23)15-24(22)28)16-25-9-10-26(2)3/h4-8,11-12,20-25,27-28H,9-10,13-16H2,1-3H3/t20-,21-,22+,23-,24+/m0/s1. The molecule has 0 bridgehead atoms. The molecule has 28 heavy (non-hydrogen) atoms. The quantitative estimate of drug-likeness (QED) is 0.452. The molecular weight excluding hydrogens is 348 g/mol. The van der Waals surface area contributed by atoms with Crippen LogP contribution < -0.4 is 5.32 Å². The van der Waals surface area contributed by atoms with Crippen molar-refractivity contribution in [1.82, 2.24) is 10.2 Å². The van der Waals surface area contributed by atoms with Gasteiger partial charge in [0.25, 0.3) is 0 Å². The highest BCUT2D eigenvalue weighted by atomic mass is 16.3. The van der Waals surface area contributed by atoms with Crippen molar-refractivity contribution in [2.24, 2.45) is 17.8 Å². The Labute approximate surface area is 170 Å². The molecule has 0 aromatic heterocycles. The van der Waals surface area contributed by atoms with Crippen LogP contribution in [0.1, 0.15) is 24.0 Å². The maximum Gasteiger partial charge on any atom is 0.0761 e. The van der Waals surface area contributed by atoms with Gasteiger partial charge in [0.1, 0.15) is 0 Å². The van der Waals surface area contributed by atoms with Gasteiger partial charge < -0.3 is 20.4 Å². The van der Waals surface area contributed by atoms with Crippen LogP contribution in [-0.2, 0) is 6.42 Å². The van der Waals surface area contributed by atoms with Gasteiger partial charge in [-0.3, -0.25) is 0 Å². The Bertz CT molecular complexity index is 698. The minimum absolute atomic E-state index is 0.146. The van der Waals surface area contributed by atoms with Crippen LogP contribution in [0.5, 0.6) is 0 Å². The highest BCUT2D eigenvalue weighted by Crippen LogP contribution is 2.47. The highest BCUT2D eigenvalue weighted by molar-refractivity contribution is 5.24. The number of rotatable bonds is 9. The van der Waals surface area contributed by atoms with Gasteiger partial charge in [0.2, 0.25) is 0 Å². The topological polar surface area (TPSA) is 55.7 Å². The number of nitrogens with zero attached hydrogens (tertiary/aromatic N) is 1. The molecule has 1 saturated carbocycles. The van der Waals surface area contributed by atoms with Crippen LogP contribution in [0.4, 0.5) is 0 Å². The molecule has 1 aromatic rings. The number of allylic oxidation sites excluding steroid dienone is 1. The van der Waals surface area contributed by atoms with Crippen molar-refractivity contribution in [2.75, 3.05) is 33.7 Å². The zero-order chi connectivity index (χ0) is 20.1. The lowest BCUT2D eigenvalue weighted by Gasteiger charge is -2.19. The molecule has 0 saturated heterocycles. The van der Waals surface area contributed by atoms with Gasteiger partial charge in [0, 0.05) is 32.0 Å². The summed E-state index contributed by atoms with van der Waals surface area (Å²) in [6.45, 7) is 5.06. The molecule has 2 aliphatic rings. The monoisotopic (exact) mass is 384 g/mol. The first-order valence-corrected chi connectivity index (χ1v) is 10.6. The van der Waals surface area contributed by atoms with Gasteiger partial charge in [0.15, 0.2) is 0 Å². The fourth-order valence-electron chi connectivity index (χ4n) is 4.69. The van der Waals surface area contributed by atoms with Gasteiger partial charge in [-0.05, 0) is 51.3 Å². The Morgan fingerprint density at radius 3 is 2.89 bits per heavy atom. The van der Waals surface area contributed by atoms with E-state index in [1.165, 1.54) is 11.1 Å². The molecule has 0 heterocycles. The largest absolute Gasteiger partial charge is 0.392 e. The SMILES string of the molecule is Cc1cccc(C[C@@H](O)C=C[C@@H]2[C@H]3CC(CNCCN(C)C)=C[C@H]3C[C@H]2O)c1. The number of hydrogen-bond donors (Lipinski definition) is 3. The summed E-state index contributed by atoms with van der Waals surface area (Å²) in [6, 6.07) is 8.28. The third kappa shape index (κ3) is 5.77. The maximum atomic E-state index is 10.5. The molecule has 2 aliphatic carbocycles. The number of benzene rings is 1. The molecule has 4 nitrogen and oxygen atoms in total. The first-order chi connectivity index (χ1) is 13.4. The summed E-state index contributed by atoms with van der Waals surface area (Å²) in [6.07, 6.45) is 8.07. The lowest BCUT2D eigenvalue weighted by Crippen LogP contribution is -2.28. The van der Waals surface area contributed by atoms with Crippen LogP contribution in [0.15, 0.2) is 48.1 Å². The highest BCUT2D eigenvalue weighted by Gasteiger charge is 2.43. The predicted molar refractivity (Wildman–Crippen MR) is 115 cm³/mol. The molecule has 0 amide bonds. The minimum atomic E-state index is -0.505. The van der Waals surface area contributed by atoms with E-state index in [4.69, 9.17) is 0 Å². The molecule has 5 atom stereocenters. The molecule has 0 spiro atoms. The summed E-state index contributed by atoms with van der Waals surface area (Å²) in [4.78, 5) is 2.18. The van der Waals surface area contributed by atoms with Gasteiger partial charge in [-0.1, -0.05) is 53.6 Å². The summed E-state index contributed by atoms with van der Waals surface area (Å²) in [5, 5.41) is 24.5. The van der Waals surface area contributed by atoms with E-state index in [2.05, 4.69) is 61.6 Å². The van der Waals surface area contributed by atoms with E-state index in [0.29, 0.717) is 18.3 Å². The zero-order valence-electron chi connectivity index (χ0n) is 17.5. The van der Waals surface area contributed by atoms with Crippen molar-refractivity contribution in [3.63, 3.8) is 0 Å². The van der Waals surface area contributed by atoms with Crippen molar-refractivity contribution in [3.05, 3.63) is 59.2 Å². The summed E-state index contributed by atoms with van der Waals surface area (Å²) >= 11 is 0. The Morgan fingerprint density at radius 2 is 2.14 bits per heavy atom. The Morgan fingerprint density at radius 1 is 1.32 bits per heavy atom. The normalized spacial score (nSPS) is 28.1. The molecular formula is C24H36N2O2. The molecule has 4 heteroatoms. The number of nitrogens with one attached hydrogen (secondary N) is 1. The molecule has 0 aliphatic heterocycles. The average Bonchev–Trinajstić information content (AvgIpc) is 3.13. The smallest absolute Gasteiger partial charge is 0.0761 e. The van der Waals surface area contributed by atoms with Crippen LogP contribution in [0.3, 0.4) is 0 Å². The lowest BCUT2D eigenvalue weighted by molar-refractivity contribution is 0.140. The second kappa shape index (κ2) is 9.84. The van der Waals surface area contributed by atoms with Gasteiger partial charge >= 0.3 is 0 Å². The number of aliphatic hydroxyl groups is 2. The molecule has 1 fully saturated rings. The number of hydrogen-bond acceptors (Lipinski definition) is 4. The molecule has 1 aromatic carbocycles. The van der Waals surface area contributed by atoms with Gasteiger partial charge in [-0.2, -0.15) is 0 Å². The molecule has 3 rings (SSSR count). The molecule has 154 valence electrons. The third-order valence-electron chi connectivity index (χ3n) is 6.12. The number of aliphatic hydroxyl groups excluding tert-OH is 2. The van der Waals surface area contributed by atoms with Crippen LogP contribution in [0.2, 0.25) is 0 Å². The summed E-state index contributed by atoms with van der Waals surface area (Å²) < 4.78 is 0. The number of fused-ring (bicyclic) bond motifs is 1. The van der Waals surface area contributed by atoms with Crippen molar-refractivity contribution in [2.45, 2.75) is 38.4 Å². The van der Waals surface area contributed by atoms with Gasteiger partial charge in [-0.25, -0.2) is 0 Å². The number of likely N-dealkylation sites (N-methyl/N-ethyl adjacent to an activating group) is 1. The van der Waals surface area contributed by atoms with E-state index in [1.807, 2.05) is 12.1 Å². The average molecular weight is 385 g/mol. The first kappa shape index (κ1) is 21.3. The van der Waals surface area contributed by atoms with Crippen LogP contribution >= 0.6 is 0 Å². The summed E-state index contributed by atoms with van der Waals surface area (Å²) in [5.41, 5.74) is 3.83. The van der Waals surface area contributed by atoms with E-state index >= 15 is 0 Å². The second-order valence-corrected chi connectivity index (χ2v) is 8.86. The van der Waals surface area contributed by atoms with Gasteiger partial charge in [-0.15, -0.1) is 0 Å². The van der Waals surface area contributed by atoms with Crippen LogP contribution in [-0.4, -0.2) is 61.1 Å². The minimum Gasteiger partial charge on any atom is -0.392 e. The van der Waals surface area contributed by atoms with Crippen molar-refractivity contribution >= 4 is 0 Å². The predicted octanol–water partition coefficient (Wildman–Crippen LogP) is 2.55. The van der Waals surface area contributed by atoms with Crippen LogP contribution in [0.25, 0.3) is 0 Å². The Kier molecular flexibility index (Phi) is 7.47. The van der Waals surface area contributed by atoms with Crippen molar-refractivity contribution < 1.29 is 10.2 Å². The van der Waals surface area contributed by atoms with Crippen LogP contribution in [0, 0.1) is 24.7 Å². The van der Waals surface area contributed by atoms with E-state index < -0.39 is 6.10 Å². The zero-order valence-corrected chi connectivity index (χ0v) is 17.5. The molecule has 3 N–H and O–H groups in total. The fraction of sp³-hybridized carbons (Fsp3) is 0.583. The molecule has 0 radical (unpaired) electrons. The van der Waals surface area contributed by atoms with E-state index in [-0.39, 0.29) is 12.0 Å². The lowest BCUT2D eigenvalue weighted by atomic mass is 9.89. The fourth-order valence-corrected chi connectivity index (χ4v) is 4.69. The first-order valence-electron chi connectivity index (χ1n) is 10.6. The molecule has 0 unspecified atom stereocenters.